The Morgan fingerprint density at radius 2 is 1.82 bits per heavy atom. The van der Waals surface area contributed by atoms with E-state index < -0.39 is 12.4 Å². The standard InChI is InChI=1S/C12H22F2O2S/c1-2-7-10(12(15)16)17-9-6-4-3-5-8-11(13)14/h10-11H,2-9H2,1H3,(H,15,16). The topological polar surface area (TPSA) is 37.3 Å². The minimum Gasteiger partial charge on any atom is -0.480 e. The lowest BCUT2D eigenvalue weighted by molar-refractivity contribution is -0.136. The molecule has 0 spiro atoms. The molecule has 0 radical (unpaired) electrons. The van der Waals surface area contributed by atoms with Gasteiger partial charge in [0.05, 0.1) is 0 Å². The normalized spacial score (nSPS) is 12.9. The van der Waals surface area contributed by atoms with Crippen molar-refractivity contribution >= 4 is 17.7 Å². The molecular formula is C12H22F2O2S. The zero-order chi connectivity index (χ0) is 13.1. The minimum absolute atomic E-state index is 0.0132. The number of unbranched alkanes of at least 4 members (excludes halogenated alkanes) is 3. The average molecular weight is 268 g/mol. The lowest BCUT2D eigenvalue weighted by atomic mass is 10.2. The van der Waals surface area contributed by atoms with Gasteiger partial charge in [-0.15, -0.1) is 11.8 Å². The number of carboxylic acid groups (broad SMARTS) is 1. The van der Waals surface area contributed by atoms with Crippen molar-refractivity contribution in [2.24, 2.45) is 0 Å². The van der Waals surface area contributed by atoms with E-state index in [1.807, 2.05) is 6.92 Å². The summed E-state index contributed by atoms with van der Waals surface area (Å²) in [6.45, 7) is 1.97. The zero-order valence-electron chi connectivity index (χ0n) is 10.3. The number of hydrogen-bond acceptors (Lipinski definition) is 2. The van der Waals surface area contributed by atoms with Crippen molar-refractivity contribution in [2.45, 2.75) is 63.5 Å². The summed E-state index contributed by atoms with van der Waals surface area (Å²) in [7, 11) is 0. The summed E-state index contributed by atoms with van der Waals surface area (Å²) in [6.07, 6.45) is 2.59. The van der Waals surface area contributed by atoms with Crippen LogP contribution in [0.2, 0.25) is 0 Å². The van der Waals surface area contributed by atoms with Crippen LogP contribution in [0.5, 0.6) is 0 Å². The maximum Gasteiger partial charge on any atom is 0.316 e. The lowest BCUT2D eigenvalue weighted by Gasteiger charge is -2.10. The molecule has 0 amide bonds. The van der Waals surface area contributed by atoms with Crippen molar-refractivity contribution in [3.05, 3.63) is 0 Å². The third-order valence-corrected chi connectivity index (χ3v) is 3.83. The molecule has 17 heavy (non-hydrogen) atoms. The minimum atomic E-state index is -2.19. The molecule has 0 bridgehead atoms. The second-order valence-corrected chi connectivity index (χ2v) is 5.39. The average Bonchev–Trinajstić information content (AvgIpc) is 2.25. The number of carbonyl (C=O) groups is 1. The molecule has 0 fully saturated rings. The Balaban J connectivity index is 3.39. The summed E-state index contributed by atoms with van der Waals surface area (Å²) < 4.78 is 23.6. The first-order valence-corrected chi connectivity index (χ1v) is 7.25. The van der Waals surface area contributed by atoms with Gasteiger partial charge < -0.3 is 5.11 Å². The van der Waals surface area contributed by atoms with Crippen molar-refractivity contribution in [3.8, 4) is 0 Å². The van der Waals surface area contributed by atoms with Crippen molar-refractivity contribution in [2.75, 3.05) is 5.75 Å². The summed E-state index contributed by atoms with van der Waals surface area (Å²) in [5.41, 5.74) is 0. The maximum absolute atomic E-state index is 11.8. The molecule has 0 saturated carbocycles. The van der Waals surface area contributed by atoms with Crippen LogP contribution < -0.4 is 0 Å². The molecule has 2 nitrogen and oxygen atoms in total. The number of hydrogen-bond donors (Lipinski definition) is 1. The molecule has 0 aliphatic carbocycles. The molecule has 102 valence electrons. The number of halogens is 2. The fraction of sp³-hybridized carbons (Fsp3) is 0.917. The quantitative estimate of drug-likeness (QED) is 0.571. The van der Waals surface area contributed by atoms with Crippen LogP contribution in [-0.4, -0.2) is 28.5 Å². The van der Waals surface area contributed by atoms with Gasteiger partial charge in [0.25, 0.3) is 0 Å². The van der Waals surface area contributed by atoms with Crippen LogP contribution >= 0.6 is 11.8 Å². The van der Waals surface area contributed by atoms with E-state index in [0.717, 1.165) is 31.4 Å². The monoisotopic (exact) mass is 268 g/mol. The predicted molar refractivity (Wildman–Crippen MR) is 67.9 cm³/mol. The Bertz CT molecular complexity index is 201. The van der Waals surface area contributed by atoms with E-state index in [0.29, 0.717) is 12.8 Å². The molecular weight excluding hydrogens is 246 g/mol. The number of alkyl halides is 2. The van der Waals surface area contributed by atoms with E-state index in [1.54, 1.807) is 0 Å². The number of thioether (sulfide) groups is 1. The van der Waals surface area contributed by atoms with E-state index in [2.05, 4.69) is 0 Å². The van der Waals surface area contributed by atoms with Crippen molar-refractivity contribution in [1.82, 2.24) is 0 Å². The summed E-state index contributed by atoms with van der Waals surface area (Å²) in [4.78, 5) is 10.8. The molecule has 0 rings (SSSR count). The van der Waals surface area contributed by atoms with Crippen molar-refractivity contribution in [3.63, 3.8) is 0 Å². The SMILES string of the molecule is CCCC(SCCCCCCC(F)F)C(=O)O. The molecule has 1 unspecified atom stereocenters. The van der Waals surface area contributed by atoms with Crippen LogP contribution in [0, 0.1) is 0 Å². The molecule has 0 aromatic carbocycles. The van der Waals surface area contributed by atoms with Gasteiger partial charge in [0, 0.05) is 6.42 Å². The number of rotatable bonds is 11. The Kier molecular flexibility index (Phi) is 10.6. The molecule has 1 atom stereocenters. The highest BCUT2D eigenvalue weighted by Gasteiger charge is 2.15. The summed E-state index contributed by atoms with van der Waals surface area (Å²) >= 11 is 1.47. The predicted octanol–water partition coefficient (Wildman–Crippen LogP) is 4.19. The molecule has 0 aliphatic heterocycles. The Hall–Kier alpha value is -0.320. The van der Waals surface area contributed by atoms with E-state index in [4.69, 9.17) is 5.11 Å². The molecule has 0 aromatic rings. The lowest BCUT2D eigenvalue weighted by Crippen LogP contribution is -2.16. The molecule has 0 aliphatic rings. The van der Waals surface area contributed by atoms with Crippen LogP contribution in [0.15, 0.2) is 0 Å². The number of carboxylic acids is 1. The fourth-order valence-electron chi connectivity index (χ4n) is 1.52. The van der Waals surface area contributed by atoms with E-state index in [-0.39, 0.29) is 11.7 Å². The highest BCUT2D eigenvalue weighted by atomic mass is 32.2. The molecule has 5 heteroatoms. The van der Waals surface area contributed by atoms with Crippen LogP contribution in [0.4, 0.5) is 8.78 Å². The van der Waals surface area contributed by atoms with Gasteiger partial charge in [0.1, 0.15) is 5.25 Å². The van der Waals surface area contributed by atoms with E-state index >= 15 is 0 Å². The first-order chi connectivity index (χ1) is 8.07. The van der Waals surface area contributed by atoms with Crippen molar-refractivity contribution < 1.29 is 18.7 Å². The van der Waals surface area contributed by atoms with Gasteiger partial charge in [-0.1, -0.05) is 26.2 Å². The number of aliphatic carboxylic acids is 1. The van der Waals surface area contributed by atoms with Crippen LogP contribution in [-0.2, 0) is 4.79 Å². The van der Waals surface area contributed by atoms with E-state index in [1.165, 1.54) is 11.8 Å². The third-order valence-electron chi connectivity index (χ3n) is 2.46. The van der Waals surface area contributed by atoms with Gasteiger partial charge in [0.2, 0.25) is 6.43 Å². The fourth-order valence-corrected chi connectivity index (χ4v) is 2.72. The Morgan fingerprint density at radius 3 is 2.35 bits per heavy atom. The largest absolute Gasteiger partial charge is 0.480 e. The molecule has 0 saturated heterocycles. The van der Waals surface area contributed by atoms with Gasteiger partial charge in [-0.05, 0) is 25.0 Å². The van der Waals surface area contributed by atoms with Crippen molar-refractivity contribution in [1.29, 1.82) is 0 Å². The first kappa shape index (κ1) is 16.7. The molecule has 0 heterocycles. The van der Waals surface area contributed by atoms with Crippen LogP contribution in [0.3, 0.4) is 0 Å². The van der Waals surface area contributed by atoms with Gasteiger partial charge in [-0.2, -0.15) is 0 Å². The Labute approximate surface area is 106 Å². The highest BCUT2D eigenvalue weighted by Crippen LogP contribution is 2.19. The molecule has 0 aromatic heterocycles. The first-order valence-electron chi connectivity index (χ1n) is 6.20. The summed E-state index contributed by atoms with van der Waals surface area (Å²) in [6, 6.07) is 0. The van der Waals surface area contributed by atoms with Gasteiger partial charge in [-0.25, -0.2) is 8.78 Å². The van der Waals surface area contributed by atoms with E-state index in [9.17, 15) is 13.6 Å². The summed E-state index contributed by atoms with van der Waals surface area (Å²) in [5, 5.41) is 8.60. The maximum atomic E-state index is 11.8. The second kappa shape index (κ2) is 10.8. The van der Waals surface area contributed by atoms with Crippen LogP contribution in [0.1, 0.15) is 51.9 Å². The molecule has 1 N–H and O–H groups in total. The second-order valence-electron chi connectivity index (χ2n) is 4.08. The van der Waals surface area contributed by atoms with Gasteiger partial charge in [0.15, 0.2) is 0 Å². The third kappa shape index (κ3) is 10.5. The van der Waals surface area contributed by atoms with Gasteiger partial charge >= 0.3 is 5.97 Å². The Morgan fingerprint density at radius 1 is 1.18 bits per heavy atom. The zero-order valence-corrected chi connectivity index (χ0v) is 11.1. The van der Waals surface area contributed by atoms with Gasteiger partial charge in [-0.3, -0.25) is 4.79 Å². The summed E-state index contributed by atoms with van der Waals surface area (Å²) in [5.74, 6) is 0.0700. The highest BCUT2D eigenvalue weighted by molar-refractivity contribution is 8.00. The smallest absolute Gasteiger partial charge is 0.316 e. The van der Waals surface area contributed by atoms with Crippen LogP contribution in [0.25, 0.3) is 0 Å².